The summed E-state index contributed by atoms with van der Waals surface area (Å²) in [7, 11) is -0.581. The van der Waals surface area contributed by atoms with Gasteiger partial charge in [-0.1, -0.05) is 6.07 Å². The second kappa shape index (κ2) is 9.54. The van der Waals surface area contributed by atoms with Crippen molar-refractivity contribution in [2.45, 2.75) is 45.1 Å². The first-order chi connectivity index (χ1) is 18.2. The molecule has 0 saturated carbocycles. The molecular formula is C27H26BF3N4O3S. The van der Waals surface area contributed by atoms with Gasteiger partial charge in [0.05, 0.1) is 16.8 Å². The Morgan fingerprint density at radius 3 is 2.31 bits per heavy atom. The summed E-state index contributed by atoms with van der Waals surface area (Å²) >= 11 is 1.51. The molecule has 2 amide bonds. The first-order valence-electron chi connectivity index (χ1n) is 12.1. The zero-order valence-corrected chi connectivity index (χ0v) is 22.5. The number of anilines is 3. The molecule has 202 valence electrons. The van der Waals surface area contributed by atoms with Crippen molar-refractivity contribution in [3.63, 3.8) is 0 Å². The van der Waals surface area contributed by atoms with Crippen LogP contribution in [0.25, 0.3) is 20.5 Å². The average Bonchev–Trinajstić information content (AvgIpc) is 3.35. The molecule has 3 heterocycles. The summed E-state index contributed by atoms with van der Waals surface area (Å²) in [5.41, 5.74) is 6.41. The molecule has 0 aliphatic carbocycles. The molecular weight excluding hydrogens is 528 g/mol. The van der Waals surface area contributed by atoms with Crippen LogP contribution in [0.15, 0.2) is 60.8 Å². The highest BCUT2D eigenvalue weighted by atomic mass is 32.1. The van der Waals surface area contributed by atoms with Crippen LogP contribution in [0.4, 0.5) is 35.2 Å². The molecule has 2 aromatic carbocycles. The highest BCUT2D eigenvalue weighted by molar-refractivity contribution is 7.22. The number of amides is 2. The van der Waals surface area contributed by atoms with Gasteiger partial charge in [0.15, 0.2) is 0 Å². The molecule has 0 unspecified atom stereocenters. The molecule has 1 aliphatic rings. The molecule has 7 nitrogen and oxygen atoms in total. The van der Waals surface area contributed by atoms with Crippen molar-refractivity contribution in [2.75, 3.05) is 16.4 Å². The number of hydrogen-bond donors (Lipinski definition) is 3. The number of nitrogens with zero attached hydrogens (tertiary/aromatic N) is 1. The number of nitrogens with one attached hydrogen (secondary N) is 2. The zero-order valence-electron chi connectivity index (χ0n) is 21.6. The van der Waals surface area contributed by atoms with Crippen molar-refractivity contribution >= 4 is 57.2 Å². The summed E-state index contributed by atoms with van der Waals surface area (Å²) < 4.78 is 52.1. The number of urea groups is 1. The number of carbonyl (C=O) groups is 1. The number of nitrogens with two attached hydrogens (primary N) is 1. The van der Waals surface area contributed by atoms with Crippen molar-refractivity contribution < 1.29 is 27.3 Å². The molecule has 0 spiro atoms. The predicted octanol–water partition coefficient (Wildman–Crippen LogP) is 6.51. The summed E-state index contributed by atoms with van der Waals surface area (Å²) in [5, 5.41) is 5.96. The fraction of sp³-hybridized carbons (Fsp3) is 0.259. The van der Waals surface area contributed by atoms with Gasteiger partial charge in [-0.2, -0.15) is 13.2 Å². The van der Waals surface area contributed by atoms with E-state index >= 15 is 0 Å². The zero-order chi connectivity index (χ0) is 28.2. The van der Waals surface area contributed by atoms with E-state index in [1.165, 1.54) is 23.5 Å². The van der Waals surface area contributed by atoms with Crippen LogP contribution in [0, 0.1) is 0 Å². The van der Waals surface area contributed by atoms with Crippen molar-refractivity contribution in [1.82, 2.24) is 4.98 Å². The Hall–Kier alpha value is -3.61. The fourth-order valence-electron chi connectivity index (χ4n) is 4.12. The van der Waals surface area contributed by atoms with E-state index in [0.717, 1.165) is 38.1 Å². The van der Waals surface area contributed by atoms with Crippen LogP contribution in [-0.4, -0.2) is 29.3 Å². The highest BCUT2D eigenvalue weighted by Gasteiger charge is 2.52. The van der Waals surface area contributed by atoms with E-state index in [4.69, 9.17) is 15.0 Å². The van der Waals surface area contributed by atoms with Gasteiger partial charge < -0.3 is 25.7 Å². The van der Waals surface area contributed by atoms with Crippen molar-refractivity contribution in [1.29, 1.82) is 0 Å². The second-order valence-electron chi connectivity index (χ2n) is 10.3. The van der Waals surface area contributed by atoms with Gasteiger partial charge in [-0.15, -0.1) is 11.3 Å². The largest absolute Gasteiger partial charge is 0.496 e. The standard InChI is InChI=1S/C27H26BF3N4O3S/c1-25(2)26(3,4)38-28(37-25)17-13-20(23(32)33-14-17)22-11-15-10-19(8-9-21(15)39-22)35-24(36)34-18-7-5-6-16(12-18)27(29,30)31/h5-14H,1-4H3,(H2,32,33)(H2,34,35,36). The minimum Gasteiger partial charge on any atom is -0.399 e. The monoisotopic (exact) mass is 554 g/mol. The molecule has 4 aromatic rings. The van der Waals surface area contributed by atoms with Gasteiger partial charge in [-0.3, -0.25) is 0 Å². The number of rotatable bonds is 4. The first kappa shape index (κ1) is 27.0. The summed E-state index contributed by atoms with van der Waals surface area (Å²) in [6.45, 7) is 7.93. The number of hydrogen-bond acceptors (Lipinski definition) is 6. The fourth-order valence-corrected chi connectivity index (χ4v) is 5.19. The van der Waals surface area contributed by atoms with Crippen LogP contribution in [0.5, 0.6) is 0 Å². The van der Waals surface area contributed by atoms with Gasteiger partial charge in [0.1, 0.15) is 5.82 Å². The van der Waals surface area contributed by atoms with Crippen molar-refractivity contribution in [3.05, 3.63) is 66.4 Å². The summed E-state index contributed by atoms with van der Waals surface area (Å²) in [5.74, 6) is 0.362. The number of aromatic nitrogens is 1. The van der Waals surface area contributed by atoms with Crippen molar-refractivity contribution in [3.8, 4) is 10.4 Å². The maximum Gasteiger partial charge on any atom is 0.496 e. The number of alkyl halides is 3. The highest BCUT2D eigenvalue weighted by Crippen LogP contribution is 2.39. The Bertz CT molecular complexity index is 1560. The molecule has 12 heteroatoms. The lowest BCUT2D eigenvalue weighted by Crippen LogP contribution is -2.41. The molecule has 1 saturated heterocycles. The van der Waals surface area contributed by atoms with Crippen LogP contribution in [0.3, 0.4) is 0 Å². The molecule has 39 heavy (non-hydrogen) atoms. The van der Waals surface area contributed by atoms with E-state index in [9.17, 15) is 18.0 Å². The van der Waals surface area contributed by atoms with Crippen LogP contribution >= 0.6 is 11.3 Å². The quantitative estimate of drug-likeness (QED) is 0.250. The minimum absolute atomic E-state index is 0.0334. The van der Waals surface area contributed by atoms with E-state index in [2.05, 4.69) is 15.6 Å². The van der Waals surface area contributed by atoms with Crippen molar-refractivity contribution in [2.24, 2.45) is 0 Å². The number of halogens is 3. The molecule has 2 aromatic heterocycles. The summed E-state index contributed by atoms with van der Waals surface area (Å²) in [6, 6.07) is 13.0. The van der Waals surface area contributed by atoms with E-state index in [1.807, 2.05) is 45.9 Å². The van der Waals surface area contributed by atoms with Gasteiger partial charge in [-0.25, -0.2) is 9.78 Å². The van der Waals surface area contributed by atoms with Crippen LogP contribution in [0.1, 0.15) is 33.3 Å². The molecule has 1 aliphatic heterocycles. The lowest BCUT2D eigenvalue weighted by molar-refractivity contribution is -0.137. The Morgan fingerprint density at radius 1 is 0.974 bits per heavy atom. The molecule has 0 radical (unpaired) electrons. The maximum absolute atomic E-state index is 13.0. The Morgan fingerprint density at radius 2 is 1.64 bits per heavy atom. The van der Waals surface area contributed by atoms with Gasteiger partial charge >= 0.3 is 19.3 Å². The summed E-state index contributed by atoms with van der Waals surface area (Å²) in [6.07, 6.45) is -2.85. The average molecular weight is 554 g/mol. The molecule has 5 rings (SSSR count). The van der Waals surface area contributed by atoms with E-state index in [0.29, 0.717) is 11.5 Å². The Balaban J connectivity index is 1.35. The molecule has 0 bridgehead atoms. The van der Waals surface area contributed by atoms with Crippen LogP contribution in [0.2, 0.25) is 0 Å². The van der Waals surface area contributed by atoms with Crippen LogP contribution < -0.4 is 21.8 Å². The van der Waals surface area contributed by atoms with Gasteiger partial charge in [0, 0.05) is 38.2 Å². The van der Waals surface area contributed by atoms with Gasteiger partial charge in [-0.05, 0) is 81.6 Å². The number of fused-ring (bicyclic) bond motifs is 1. The second-order valence-corrected chi connectivity index (χ2v) is 11.4. The SMILES string of the molecule is CC1(C)OB(c2cnc(N)c(-c3cc4cc(NC(=O)Nc5cccc(C(F)(F)F)c5)ccc4s3)c2)OC1(C)C. The van der Waals surface area contributed by atoms with E-state index < -0.39 is 36.1 Å². The lowest BCUT2D eigenvalue weighted by atomic mass is 9.79. The van der Waals surface area contributed by atoms with E-state index in [-0.39, 0.29) is 5.69 Å². The topological polar surface area (TPSA) is 98.5 Å². The Labute approximate surface area is 227 Å². The number of benzene rings is 2. The number of thiophene rings is 1. The summed E-state index contributed by atoms with van der Waals surface area (Å²) in [4.78, 5) is 17.7. The normalized spacial score (nSPS) is 16.4. The maximum atomic E-state index is 13.0. The first-order valence-corrected chi connectivity index (χ1v) is 12.9. The third-order valence-electron chi connectivity index (χ3n) is 6.95. The number of pyridine rings is 1. The van der Waals surface area contributed by atoms with E-state index in [1.54, 1.807) is 18.3 Å². The predicted molar refractivity (Wildman–Crippen MR) is 149 cm³/mol. The molecule has 4 N–H and O–H groups in total. The number of nitrogen functional groups attached to an aromatic ring is 1. The molecule has 0 atom stereocenters. The third kappa shape index (κ3) is 5.45. The minimum atomic E-state index is -4.50. The molecule has 1 fully saturated rings. The Kier molecular flexibility index (Phi) is 6.60. The van der Waals surface area contributed by atoms with Gasteiger partial charge in [0.2, 0.25) is 0 Å². The third-order valence-corrected chi connectivity index (χ3v) is 8.10. The smallest absolute Gasteiger partial charge is 0.399 e. The number of carbonyl (C=O) groups excluding carboxylic acids is 1. The van der Waals surface area contributed by atoms with Gasteiger partial charge in [0.25, 0.3) is 0 Å². The van der Waals surface area contributed by atoms with Crippen LogP contribution in [-0.2, 0) is 15.5 Å². The lowest BCUT2D eigenvalue weighted by Gasteiger charge is -2.32.